The number of anilines is 1. The number of likely N-dealkylation sites (tertiary alicyclic amines) is 1. The number of halogens is 3. The van der Waals surface area contributed by atoms with E-state index >= 15 is 0 Å². The molecule has 3 rings (SSSR count). The second kappa shape index (κ2) is 12.5. The van der Waals surface area contributed by atoms with Crippen LogP contribution in [0, 0.1) is 5.92 Å². The third kappa shape index (κ3) is 7.75. The van der Waals surface area contributed by atoms with Gasteiger partial charge in [-0.2, -0.15) is 0 Å². The summed E-state index contributed by atoms with van der Waals surface area (Å²) < 4.78 is 0. The minimum Gasteiger partial charge on any atom is -0.385 e. The Morgan fingerprint density at radius 3 is 2.38 bits per heavy atom. The number of rotatable bonds is 7. The van der Waals surface area contributed by atoms with Crippen LogP contribution in [-0.2, 0) is 6.42 Å². The van der Waals surface area contributed by atoms with Crippen molar-refractivity contribution in [2.75, 3.05) is 31.5 Å². The monoisotopic (exact) mass is 414 g/mol. The first kappa shape index (κ1) is 23.1. The molecule has 0 aliphatic carbocycles. The van der Waals surface area contributed by atoms with Crippen LogP contribution >= 0.6 is 36.4 Å². The van der Waals surface area contributed by atoms with Gasteiger partial charge in [0.2, 0.25) is 0 Å². The molecule has 1 saturated heterocycles. The molecule has 1 aliphatic heterocycles. The second-order valence-electron chi connectivity index (χ2n) is 6.77. The largest absolute Gasteiger partial charge is 0.385 e. The average Bonchev–Trinajstić information content (AvgIpc) is 2.61. The summed E-state index contributed by atoms with van der Waals surface area (Å²) in [6.45, 7) is 4.68. The Hall–Kier alpha value is -0.930. The molecular weight excluding hydrogens is 387 g/mol. The smallest absolute Gasteiger partial charge is 0.0426 e. The Bertz CT molecular complexity index is 614. The van der Waals surface area contributed by atoms with Gasteiger partial charge in [-0.3, -0.25) is 0 Å². The van der Waals surface area contributed by atoms with Crippen molar-refractivity contribution in [2.45, 2.75) is 25.7 Å². The number of nitrogens with zero attached hydrogens (tertiary/aromatic N) is 1. The van der Waals surface area contributed by atoms with Crippen LogP contribution in [0.15, 0.2) is 54.6 Å². The highest BCUT2D eigenvalue weighted by Gasteiger charge is 2.18. The zero-order chi connectivity index (χ0) is 16.6. The Morgan fingerprint density at radius 2 is 1.69 bits per heavy atom. The summed E-state index contributed by atoms with van der Waals surface area (Å²) in [6, 6.07) is 18.9. The van der Waals surface area contributed by atoms with E-state index in [-0.39, 0.29) is 24.8 Å². The molecule has 0 unspecified atom stereocenters. The molecule has 5 heteroatoms. The maximum atomic E-state index is 6.00. The first-order chi connectivity index (χ1) is 11.8. The maximum Gasteiger partial charge on any atom is 0.0426 e. The average molecular weight is 416 g/mol. The molecule has 2 nitrogen and oxygen atoms in total. The summed E-state index contributed by atoms with van der Waals surface area (Å²) in [6.07, 6.45) is 5.08. The van der Waals surface area contributed by atoms with Gasteiger partial charge in [0, 0.05) is 17.3 Å². The molecule has 0 atom stereocenters. The van der Waals surface area contributed by atoms with E-state index in [0.29, 0.717) is 0 Å². The second-order valence-corrected chi connectivity index (χ2v) is 7.20. The SMILES string of the molecule is Cl.Cl.Clc1cccc(NCCCN2CCC(Cc3ccccc3)CC2)c1. The number of benzene rings is 2. The molecule has 2 aromatic carbocycles. The van der Waals surface area contributed by atoms with Gasteiger partial charge in [0.25, 0.3) is 0 Å². The zero-order valence-electron chi connectivity index (χ0n) is 15.1. The lowest BCUT2D eigenvalue weighted by Crippen LogP contribution is -2.35. The zero-order valence-corrected chi connectivity index (χ0v) is 17.5. The molecule has 1 N–H and O–H groups in total. The van der Waals surface area contributed by atoms with Crippen molar-refractivity contribution >= 4 is 42.1 Å². The van der Waals surface area contributed by atoms with Crippen molar-refractivity contribution in [1.82, 2.24) is 4.90 Å². The Labute approximate surface area is 175 Å². The van der Waals surface area contributed by atoms with Crippen LogP contribution in [0.5, 0.6) is 0 Å². The van der Waals surface area contributed by atoms with Gasteiger partial charge in [-0.25, -0.2) is 0 Å². The van der Waals surface area contributed by atoms with Crippen LogP contribution in [0.2, 0.25) is 5.02 Å². The summed E-state index contributed by atoms with van der Waals surface area (Å²) in [5.74, 6) is 0.855. The van der Waals surface area contributed by atoms with Crippen LogP contribution in [0.25, 0.3) is 0 Å². The highest BCUT2D eigenvalue weighted by molar-refractivity contribution is 6.30. The van der Waals surface area contributed by atoms with Gasteiger partial charge in [0.1, 0.15) is 0 Å². The lowest BCUT2D eigenvalue weighted by molar-refractivity contribution is 0.183. The maximum absolute atomic E-state index is 6.00. The highest BCUT2D eigenvalue weighted by atomic mass is 35.5. The predicted octanol–water partition coefficient (Wildman–Crippen LogP) is 5.94. The highest BCUT2D eigenvalue weighted by Crippen LogP contribution is 2.21. The van der Waals surface area contributed by atoms with Crippen LogP contribution in [0.3, 0.4) is 0 Å². The molecule has 144 valence electrons. The molecule has 0 radical (unpaired) electrons. The van der Waals surface area contributed by atoms with Crippen LogP contribution in [0.4, 0.5) is 5.69 Å². The van der Waals surface area contributed by atoms with Crippen molar-refractivity contribution in [3.8, 4) is 0 Å². The molecule has 26 heavy (non-hydrogen) atoms. The van der Waals surface area contributed by atoms with E-state index in [1.54, 1.807) is 0 Å². The Morgan fingerprint density at radius 1 is 0.962 bits per heavy atom. The number of hydrogen-bond donors (Lipinski definition) is 1. The van der Waals surface area contributed by atoms with Gasteiger partial charge >= 0.3 is 0 Å². The van der Waals surface area contributed by atoms with Crippen LogP contribution in [0.1, 0.15) is 24.8 Å². The van der Waals surface area contributed by atoms with Gasteiger partial charge in [-0.1, -0.05) is 48.0 Å². The summed E-state index contributed by atoms with van der Waals surface area (Å²) in [4.78, 5) is 2.61. The minimum atomic E-state index is 0. The molecule has 1 aliphatic rings. The molecule has 2 aromatic rings. The van der Waals surface area contributed by atoms with E-state index in [1.807, 2.05) is 18.2 Å². The van der Waals surface area contributed by atoms with Gasteiger partial charge in [-0.05, 0) is 75.0 Å². The van der Waals surface area contributed by atoms with E-state index < -0.39 is 0 Å². The van der Waals surface area contributed by atoms with E-state index in [9.17, 15) is 0 Å². The number of piperidine rings is 1. The molecule has 0 bridgehead atoms. The minimum absolute atomic E-state index is 0. The molecular formula is C21H29Cl3N2. The summed E-state index contributed by atoms with van der Waals surface area (Å²) in [5, 5.41) is 4.25. The van der Waals surface area contributed by atoms with Gasteiger partial charge in [0.15, 0.2) is 0 Å². The van der Waals surface area contributed by atoms with Gasteiger partial charge < -0.3 is 10.2 Å². The Balaban J connectivity index is 0.00000169. The van der Waals surface area contributed by atoms with Crippen LogP contribution < -0.4 is 5.32 Å². The molecule has 0 saturated carbocycles. The first-order valence-electron chi connectivity index (χ1n) is 9.05. The standard InChI is InChI=1S/C21H27ClN2.2ClH/c22-20-8-4-9-21(17-20)23-12-5-13-24-14-10-19(11-15-24)16-18-6-2-1-3-7-18;;/h1-4,6-9,17,19,23H,5,10-16H2;2*1H. The number of nitrogens with one attached hydrogen (secondary N) is 1. The Kier molecular flexibility index (Phi) is 11.1. The fraction of sp³-hybridized carbons (Fsp3) is 0.429. The first-order valence-corrected chi connectivity index (χ1v) is 9.43. The third-order valence-electron chi connectivity index (χ3n) is 4.88. The molecule has 0 amide bonds. The molecule has 1 fully saturated rings. The third-order valence-corrected chi connectivity index (χ3v) is 5.11. The van der Waals surface area contributed by atoms with Crippen molar-refractivity contribution < 1.29 is 0 Å². The summed E-state index contributed by atoms with van der Waals surface area (Å²) in [5.41, 5.74) is 2.60. The topological polar surface area (TPSA) is 15.3 Å². The lowest BCUT2D eigenvalue weighted by Gasteiger charge is -2.32. The van der Waals surface area contributed by atoms with E-state index in [4.69, 9.17) is 11.6 Å². The number of hydrogen-bond acceptors (Lipinski definition) is 2. The van der Waals surface area contributed by atoms with Crippen molar-refractivity contribution in [3.05, 3.63) is 65.2 Å². The van der Waals surface area contributed by atoms with Crippen molar-refractivity contribution in [1.29, 1.82) is 0 Å². The fourth-order valence-electron chi connectivity index (χ4n) is 3.50. The van der Waals surface area contributed by atoms with Crippen molar-refractivity contribution in [3.63, 3.8) is 0 Å². The van der Waals surface area contributed by atoms with Gasteiger partial charge in [-0.15, -0.1) is 24.8 Å². The summed E-state index contributed by atoms with van der Waals surface area (Å²) >= 11 is 6.00. The quantitative estimate of drug-likeness (QED) is 0.563. The predicted molar refractivity (Wildman–Crippen MR) is 118 cm³/mol. The molecule has 0 spiro atoms. The van der Waals surface area contributed by atoms with E-state index in [1.165, 1.54) is 50.9 Å². The lowest BCUT2D eigenvalue weighted by atomic mass is 9.90. The van der Waals surface area contributed by atoms with E-state index in [2.05, 4.69) is 46.6 Å². The van der Waals surface area contributed by atoms with Crippen LogP contribution in [-0.4, -0.2) is 31.1 Å². The van der Waals surface area contributed by atoms with E-state index in [0.717, 1.165) is 23.2 Å². The summed E-state index contributed by atoms with van der Waals surface area (Å²) in [7, 11) is 0. The van der Waals surface area contributed by atoms with Crippen molar-refractivity contribution in [2.24, 2.45) is 5.92 Å². The molecule has 1 heterocycles. The molecule has 0 aromatic heterocycles. The normalized spacial score (nSPS) is 15.0. The fourth-order valence-corrected chi connectivity index (χ4v) is 3.69. The van der Waals surface area contributed by atoms with Gasteiger partial charge in [0.05, 0.1) is 0 Å².